The van der Waals surface area contributed by atoms with Crippen molar-refractivity contribution in [2.24, 2.45) is 0 Å². The number of hydrogen-bond donors (Lipinski definition) is 1. The number of carbonyl (C=O) groups is 2. The third-order valence-electron chi connectivity index (χ3n) is 2.48. The lowest BCUT2D eigenvalue weighted by Gasteiger charge is -2.25. The summed E-state index contributed by atoms with van der Waals surface area (Å²) < 4.78 is 0. The lowest BCUT2D eigenvalue weighted by atomic mass is 10.1. The van der Waals surface area contributed by atoms with Crippen LogP contribution in [0.3, 0.4) is 0 Å². The number of aromatic amines is 1. The van der Waals surface area contributed by atoms with Crippen molar-refractivity contribution in [1.29, 1.82) is 0 Å². The van der Waals surface area contributed by atoms with Gasteiger partial charge in [-0.2, -0.15) is 0 Å². The number of aromatic nitrogens is 2. The van der Waals surface area contributed by atoms with Gasteiger partial charge in [-0.1, -0.05) is 11.8 Å². The molecular formula is C10H13N3O2S. The average molecular weight is 239 g/mol. The Hall–Kier alpha value is -1.30. The Balaban J connectivity index is 1.77. The van der Waals surface area contributed by atoms with Crippen molar-refractivity contribution in [3.63, 3.8) is 0 Å². The van der Waals surface area contributed by atoms with Gasteiger partial charge in [0.2, 0.25) is 5.91 Å². The van der Waals surface area contributed by atoms with Crippen molar-refractivity contribution < 1.29 is 9.59 Å². The van der Waals surface area contributed by atoms with E-state index in [1.165, 1.54) is 11.8 Å². The van der Waals surface area contributed by atoms with Gasteiger partial charge in [0.15, 0.2) is 5.16 Å². The van der Waals surface area contributed by atoms with E-state index in [4.69, 9.17) is 0 Å². The summed E-state index contributed by atoms with van der Waals surface area (Å²) in [6.45, 7) is 1.13. The summed E-state index contributed by atoms with van der Waals surface area (Å²) in [4.78, 5) is 31.5. The highest BCUT2D eigenvalue weighted by Gasteiger charge is 2.20. The number of thioether (sulfide) groups is 1. The van der Waals surface area contributed by atoms with Crippen LogP contribution in [0.4, 0.5) is 0 Å². The Bertz CT molecular complexity index is 367. The van der Waals surface area contributed by atoms with E-state index in [1.807, 2.05) is 0 Å². The van der Waals surface area contributed by atoms with Crippen LogP contribution in [-0.2, 0) is 9.59 Å². The first kappa shape index (κ1) is 11.2. The van der Waals surface area contributed by atoms with Crippen molar-refractivity contribution in [1.82, 2.24) is 14.9 Å². The number of likely N-dealkylation sites (tertiary alicyclic amines) is 1. The molecule has 6 heteroatoms. The highest BCUT2D eigenvalue weighted by atomic mass is 32.2. The molecule has 0 saturated carbocycles. The minimum Gasteiger partial charge on any atom is -0.341 e. The molecule has 0 spiro atoms. The Morgan fingerprint density at radius 3 is 2.88 bits per heavy atom. The zero-order valence-electron chi connectivity index (χ0n) is 8.81. The number of amides is 1. The molecule has 1 saturated heterocycles. The predicted molar refractivity (Wildman–Crippen MR) is 60.1 cm³/mol. The number of carbonyl (C=O) groups excluding carboxylic acids is 2. The van der Waals surface area contributed by atoms with E-state index in [2.05, 4.69) is 9.97 Å². The molecule has 5 nitrogen and oxygen atoms in total. The topological polar surface area (TPSA) is 66.1 Å². The number of nitrogens with zero attached hydrogens (tertiary/aromatic N) is 2. The molecule has 0 aliphatic carbocycles. The third-order valence-corrected chi connectivity index (χ3v) is 3.37. The molecule has 0 unspecified atom stereocenters. The number of H-pyrrole nitrogens is 1. The number of Topliss-reactive ketones (excluding diaryl/α,β-unsaturated/α-hetero) is 1. The van der Waals surface area contributed by atoms with Crippen LogP contribution in [0.25, 0.3) is 0 Å². The average Bonchev–Trinajstić information content (AvgIpc) is 2.80. The zero-order chi connectivity index (χ0) is 11.4. The van der Waals surface area contributed by atoms with Gasteiger partial charge in [0, 0.05) is 38.3 Å². The number of piperidine rings is 1. The molecule has 16 heavy (non-hydrogen) atoms. The molecule has 1 N–H and O–H groups in total. The second-order valence-corrected chi connectivity index (χ2v) is 4.57. The van der Waals surface area contributed by atoms with Gasteiger partial charge in [-0.05, 0) is 0 Å². The fourth-order valence-electron chi connectivity index (χ4n) is 1.56. The molecule has 2 heterocycles. The van der Waals surface area contributed by atoms with Crippen LogP contribution in [0, 0.1) is 0 Å². The van der Waals surface area contributed by atoms with E-state index < -0.39 is 0 Å². The van der Waals surface area contributed by atoms with Crippen LogP contribution in [0.15, 0.2) is 17.6 Å². The van der Waals surface area contributed by atoms with Gasteiger partial charge >= 0.3 is 0 Å². The largest absolute Gasteiger partial charge is 0.341 e. The first-order chi connectivity index (χ1) is 7.75. The number of rotatable bonds is 3. The van der Waals surface area contributed by atoms with E-state index in [1.54, 1.807) is 17.3 Å². The van der Waals surface area contributed by atoms with Gasteiger partial charge in [0.05, 0.1) is 5.75 Å². The quantitative estimate of drug-likeness (QED) is 0.788. The van der Waals surface area contributed by atoms with E-state index in [0.29, 0.717) is 31.7 Å². The molecule has 2 rings (SSSR count). The monoisotopic (exact) mass is 239 g/mol. The molecule has 0 aromatic carbocycles. The SMILES string of the molecule is O=C1CCN(C(=O)CSc2ncc[nH]2)CC1. The summed E-state index contributed by atoms with van der Waals surface area (Å²) in [5, 5.41) is 0.751. The third kappa shape index (κ3) is 2.85. The Labute approximate surface area is 97.6 Å². The lowest BCUT2D eigenvalue weighted by molar-refractivity contribution is -0.132. The van der Waals surface area contributed by atoms with Gasteiger partial charge in [0.25, 0.3) is 0 Å². The standard InChI is InChI=1S/C10H13N3O2S/c14-8-1-5-13(6-2-8)9(15)7-16-10-11-3-4-12-10/h3-4H,1-2,5-7H2,(H,11,12). The van der Waals surface area contributed by atoms with Crippen molar-refractivity contribution in [3.8, 4) is 0 Å². The van der Waals surface area contributed by atoms with Crippen LogP contribution >= 0.6 is 11.8 Å². The first-order valence-corrected chi connectivity index (χ1v) is 6.16. The minimum atomic E-state index is 0.0777. The summed E-state index contributed by atoms with van der Waals surface area (Å²) in [6, 6.07) is 0. The van der Waals surface area contributed by atoms with E-state index in [0.717, 1.165) is 5.16 Å². The molecule has 1 aliphatic rings. The van der Waals surface area contributed by atoms with Crippen molar-refractivity contribution in [2.45, 2.75) is 18.0 Å². The Morgan fingerprint density at radius 2 is 2.25 bits per heavy atom. The molecule has 1 fully saturated rings. The molecular weight excluding hydrogens is 226 g/mol. The van der Waals surface area contributed by atoms with E-state index in [9.17, 15) is 9.59 Å². The number of hydrogen-bond acceptors (Lipinski definition) is 4. The summed E-state index contributed by atoms with van der Waals surface area (Å²) >= 11 is 1.39. The molecule has 1 aliphatic heterocycles. The first-order valence-electron chi connectivity index (χ1n) is 5.17. The molecule has 0 bridgehead atoms. The molecule has 1 aromatic rings. The number of nitrogens with one attached hydrogen (secondary N) is 1. The second-order valence-electron chi connectivity index (χ2n) is 3.60. The van der Waals surface area contributed by atoms with Crippen LogP contribution in [0.1, 0.15) is 12.8 Å². The highest BCUT2D eigenvalue weighted by molar-refractivity contribution is 7.99. The Kier molecular flexibility index (Phi) is 3.61. The van der Waals surface area contributed by atoms with Gasteiger partial charge in [-0.25, -0.2) is 4.98 Å². The lowest BCUT2D eigenvalue weighted by Crippen LogP contribution is -2.39. The van der Waals surface area contributed by atoms with E-state index in [-0.39, 0.29) is 11.7 Å². The van der Waals surface area contributed by atoms with Crippen molar-refractivity contribution in [2.75, 3.05) is 18.8 Å². The maximum absolute atomic E-state index is 11.8. The summed E-state index contributed by atoms with van der Waals surface area (Å²) in [7, 11) is 0. The normalized spacial score (nSPS) is 16.5. The van der Waals surface area contributed by atoms with Gasteiger partial charge in [-0.15, -0.1) is 0 Å². The zero-order valence-corrected chi connectivity index (χ0v) is 9.63. The molecule has 0 atom stereocenters. The van der Waals surface area contributed by atoms with Gasteiger partial charge in [0.1, 0.15) is 5.78 Å². The molecule has 0 radical (unpaired) electrons. The maximum Gasteiger partial charge on any atom is 0.233 e. The summed E-state index contributed by atoms with van der Waals surface area (Å²) in [5.41, 5.74) is 0. The van der Waals surface area contributed by atoms with Crippen molar-refractivity contribution in [3.05, 3.63) is 12.4 Å². The summed E-state index contributed by atoms with van der Waals surface area (Å²) in [5.74, 6) is 0.707. The maximum atomic E-state index is 11.8. The summed E-state index contributed by atoms with van der Waals surface area (Å²) in [6.07, 6.45) is 4.38. The van der Waals surface area contributed by atoms with Crippen LogP contribution in [0.5, 0.6) is 0 Å². The Morgan fingerprint density at radius 1 is 1.50 bits per heavy atom. The number of ketones is 1. The second kappa shape index (κ2) is 5.16. The van der Waals surface area contributed by atoms with Gasteiger partial charge < -0.3 is 9.88 Å². The smallest absolute Gasteiger partial charge is 0.233 e. The molecule has 86 valence electrons. The molecule has 1 amide bonds. The fraction of sp³-hybridized carbons (Fsp3) is 0.500. The van der Waals surface area contributed by atoms with Crippen LogP contribution < -0.4 is 0 Å². The minimum absolute atomic E-state index is 0.0777. The predicted octanol–water partition coefficient (Wildman–Crippen LogP) is 0.693. The number of imidazole rings is 1. The van der Waals surface area contributed by atoms with Crippen LogP contribution in [0.2, 0.25) is 0 Å². The fourth-order valence-corrected chi connectivity index (χ4v) is 2.29. The van der Waals surface area contributed by atoms with E-state index >= 15 is 0 Å². The van der Waals surface area contributed by atoms with Gasteiger partial charge in [-0.3, -0.25) is 9.59 Å². The molecule has 1 aromatic heterocycles. The van der Waals surface area contributed by atoms with Crippen molar-refractivity contribution >= 4 is 23.5 Å². The van der Waals surface area contributed by atoms with Crippen LogP contribution in [-0.4, -0.2) is 45.4 Å². The highest BCUT2D eigenvalue weighted by Crippen LogP contribution is 2.14.